The molecule has 2 heterocycles. The number of anilines is 1. The Morgan fingerprint density at radius 2 is 2.00 bits per heavy atom. The van der Waals surface area contributed by atoms with Gasteiger partial charge < -0.3 is 10.5 Å². The van der Waals surface area contributed by atoms with Gasteiger partial charge in [0.15, 0.2) is 5.69 Å². The molecule has 0 aliphatic carbocycles. The van der Waals surface area contributed by atoms with Gasteiger partial charge in [-0.15, -0.1) is 10.2 Å². The maximum atomic E-state index is 12.5. The summed E-state index contributed by atoms with van der Waals surface area (Å²) in [5.41, 5.74) is 7.02. The number of methoxy groups -OCH3 is 1. The highest BCUT2D eigenvalue weighted by Crippen LogP contribution is 2.32. The van der Waals surface area contributed by atoms with Gasteiger partial charge in [-0.2, -0.15) is 0 Å². The fourth-order valence-corrected chi connectivity index (χ4v) is 3.27. The second kappa shape index (κ2) is 6.45. The maximum absolute atomic E-state index is 12.5. The predicted molar refractivity (Wildman–Crippen MR) is 101 cm³/mol. The summed E-state index contributed by atoms with van der Waals surface area (Å²) < 4.78 is 7.44. The molecular weight excluding hydrogens is 352 g/mol. The molecule has 0 saturated carbocycles. The molecule has 4 aromatic rings. The van der Waals surface area contributed by atoms with Crippen molar-refractivity contribution in [3.63, 3.8) is 0 Å². The van der Waals surface area contributed by atoms with E-state index in [1.165, 1.54) is 16.0 Å². The first-order chi connectivity index (χ1) is 12.7. The monoisotopic (exact) mass is 366 g/mol. The van der Waals surface area contributed by atoms with Crippen LogP contribution in [0, 0.1) is 0 Å². The van der Waals surface area contributed by atoms with Crippen molar-refractivity contribution in [3.05, 3.63) is 58.9 Å². The minimum Gasteiger partial charge on any atom is -0.497 e. The number of thiazole rings is 1. The highest BCUT2D eigenvalue weighted by Gasteiger charge is 2.13. The molecule has 130 valence electrons. The minimum absolute atomic E-state index is 0.0469. The van der Waals surface area contributed by atoms with E-state index in [2.05, 4.69) is 20.3 Å². The van der Waals surface area contributed by atoms with Crippen LogP contribution >= 0.6 is 11.3 Å². The number of nitrogen functional groups attached to an aromatic ring is 1. The minimum atomic E-state index is -0.375. The Hall–Kier alpha value is -3.46. The van der Waals surface area contributed by atoms with E-state index in [1.807, 2.05) is 36.4 Å². The number of aromatic nitrogens is 3. The van der Waals surface area contributed by atoms with E-state index >= 15 is 0 Å². The zero-order valence-corrected chi connectivity index (χ0v) is 14.5. The third-order valence-corrected chi connectivity index (χ3v) is 4.63. The molecule has 0 unspecified atom stereocenters. The van der Waals surface area contributed by atoms with E-state index in [0.29, 0.717) is 10.8 Å². The lowest BCUT2D eigenvalue weighted by molar-refractivity contribution is 0.415. The predicted octanol–water partition coefficient (Wildman–Crippen LogP) is 3.78. The van der Waals surface area contributed by atoms with Crippen LogP contribution < -0.4 is 16.0 Å². The van der Waals surface area contributed by atoms with Gasteiger partial charge in [0, 0.05) is 0 Å². The SMILES string of the molecule is COc1ccc2nc(N=Nc3c(N)[nH]n(-c4ccccc4)c3=O)sc2c1. The summed E-state index contributed by atoms with van der Waals surface area (Å²) in [5, 5.41) is 11.3. The first-order valence-corrected chi connectivity index (χ1v) is 8.49. The molecule has 0 saturated heterocycles. The fraction of sp³-hybridized carbons (Fsp3) is 0.0588. The van der Waals surface area contributed by atoms with Crippen LogP contribution in [0.4, 0.5) is 16.6 Å². The molecule has 3 N–H and O–H groups in total. The van der Waals surface area contributed by atoms with Gasteiger partial charge in [-0.25, -0.2) is 9.67 Å². The highest BCUT2D eigenvalue weighted by molar-refractivity contribution is 7.21. The van der Waals surface area contributed by atoms with Crippen molar-refractivity contribution in [3.8, 4) is 11.4 Å². The molecule has 8 nitrogen and oxygen atoms in total. The lowest BCUT2D eigenvalue weighted by Gasteiger charge is -1.98. The summed E-state index contributed by atoms with van der Waals surface area (Å²) in [4.78, 5) is 16.9. The second-order valence-corrected chi connectivity index (χ2v) is 6.39. The number of ether oxygens (including phenoxy) is 1. The molecular formula is C17H14N6O2S. The normalized spacial score (nSPS) is 11.4. The van der Waals surface area contributed by atoms with Crippen molar-refractivity contribution >= 4 is 38.2 Å². The number of nitrogens with one attached hydrogen (secondary N) is 1. The molecule has 0 aliphatic rings. The van der Waals surface area contributed by atoms with Gasteiger partial charge in [-0.1, -0.05) is 29.5 Å². The van der Waals surface area contributed by atoms with Crippen molar-refractivity contribution in [1.82, 2.24) is 14.8 Å². The average molecular weight is 366 g/mol. The summed E-state index contributed by atoms with van der Waals surface area (Å²) >= 11 is 1.35. The van der Waals surface area contributed by atoms with Crippen molar-refractivity contribution in [2.75, 3.05) is 12.8 Å². The van der Waals surface area contributed by atoms with Crippen LogP contribution in [-0.4, -0.2) is 21.9 Å². The van der Waals surface area contributed by atoms with E-state index in [1.54, 1.807) is 19.2 Å². The van der Waals surface area contributed by atoms with Gasteiger partial charge in [-0.05, 0) is 30.3 Å². The van der Waals surface area contributed by atoms with Crippen molar-refractivity contribution < 1.29 is 4.74 Å². The number of para-hydroxylation sites is 1. The smallest absolute Gasteiger partial charge is 0.301 e. The maximum Gasteiger partial charge on any atom is 0.301 e. The fourth-order valence-electron chi connectivity index (χ4n) is 2.46. The van der Waals surface area contributed by atoms with Crippen molar-refractivity contribution in [2.24, 2.45) is 10.2 Å². The van der Waals surface area contributed by atoms with E-state index in [4.69, 9.17) is 10.5 Å². The molecule has 4 rings (SSSR count). The van der Waals surface area contributed by atoms with E-state index in [-0.39, 0.29) is 17.1 Å². The molecule has 2 aromatic heterocycles. The zero-order chi connectivity index (χ0) is 18.1. The van der Waals surface area contributed by atoms with E-state index in [0.717, 1.165) is 16.0 Å². The Bertz CT molecular complexity index is 1160. The number of nitrogens with two attached hydrogens (primary N) is 1. The Labute approximate surface area is 151 Å². The van der Waals surface area contributed by atoms with Gasteiger partial charge >= 0.3 is 5.56 Å². The summed E-state index contributed by atoms with van der Waals surface area (Å²) in [7, 11) is 1.61. The van der Waals surface area contributed by atoms with Crippen LogP contribution in [-0.2, 0) is 0 Å². The van der Waals surface area contributed by atoms with Crippen LogP contribution in [0.5, 0.6) is 5.75 Å². The largest absolute Gasteiger partial charge is 0.497 e. The Morgan fingerprint density at radius 3 is 2.77 bits per heavy atom. The van der Waals surface area contributed by atoms with Gasteiger partial charge in [0.25, 0.3) is 0 Å². The number of benzene rings is 2. The average Bonchev–Trinajstić information content (AvgIpc) is 3.20. The lowest BCUT2D eigenvalue weighted by Crippen LogP contribution is -2.13. The number of nitrogens with zero attached hydrogens (tertiary/aromatic N) is 4. The van der Waals surface area contributed by atoms with Crippen LogP contribution in [0.15, 0.2) is 63.6 Å². The standard InChI is InChI=1S/C17H14N6O2S/c1-25-11-7-8-12-13(9-11)26-17(19-12)21-20-14-15(18)22-23(16(14)24)10-5-3-2-4-6-10/h2-9,22H,18H2,1H3. The molecule has 0 amide bonds. The Morgan fingerprint density at radius 1 is 1.19 bits per heavy atom. The third kappa shape index (κ3) is 2.84. The van der Waals surface area contributed by atoms with Gasteiger partial charge in [0.1, 0.15) is 11.6 Å². The van der Waals surface area contributed by atoms with Crippen LogP contribution in [0.25, 0.3) is 15.9 Å². The topological polar surface area (TPSA) is 111 Å². The molecule has 0 bridgehead atoms. The number of H-pyrrole nitrogens is 1. The quantitative estimate of drug-likeness (QED) is 0.535. The molecule has 0 fully saturated rings. The van der Waals surface area contributed by atoms with Gasteiger partial charge in [0.2, 0.25) is 5.13 Å². The van der Waals surface area contributed by atoms with E-state index < -0.39 is 0 Å². The zero-order valence-electron chi connectivity index (χ0n) is 13.7. The molecule has 9 heteroatoms. The molecule has 0 aliphatic heterocycles. The van der Waals surface area contributed by atoms with Gasteiger partial charge in [-0.3, -0.25) is 9.89 Å². The number of hydrogen-bond acceptors (Lipinski definition) is 7. The second-order valence-electron chi connectivity index (χ2n) is 5.38. The number of hydrogen-bond donors (Lipinski definition) is 2. The van der Waals surface area contributed by atoms with Gasteiger partial charge in [0.05, 0.1) is 23.0 Å². The van der Waals surface area contributed by atoms with E-state index in [9.17, 15) is 4.79 Å². The van der Waals surface area contributed by atoms with Crippen LogP contribution in [0.2, 0.25) is 0 Å². The first-order valence-electron chi connectivity index (χ1n) is 7.68. The molecule has 0 radical (unpaired) electrons. The van der Waals surface area contributed by atoms with Crippen molar-refractivity contribution in [1.29, 1.82) is 0 Å². The third-order valence-electron chi connectivity index (χ3n) is 3.73. The molecule has 0 spiro atoms. The van der Waals surface area contributed by atoms with Crippen molar-refractivity contribution in [2.45, 2.75) is 0 Å². The van der Waals surface area contributed by atoms with Crippen LogP contribution in [0.3, 0.4) is 0 Å². The Kier molecular flexibility index (Phi) is 3.98. The molecule has 2 aromatic carbocycles. The molecule has 26 heavy (non-hydrogen) atoms. The van der Waals surface area contributed by atoms with Crippen LogP contribution in [0.1, 0.15) is 0 Å². The first kappa shape index (κ1) is 16.0. The number of fused-ring (bicyclic) bond motifs is 1. The highest BCUT2D eigenvalue weighted by atomic mass is 32.1. The lowest BCUT2D eigenvalue weighted by atomic mass is 10.3. The number of azo groups is 1. The summed E-state index contributed by atoms with van der Waals surface area (Å²) in [6, 6.07) is 14.6. The number of rotatable bonds is 4. The summed E-state index contributed by atoms with van der Waals surface area (Å²) in [6.45, 7) is 0. The number of aromatic amines is 1. The summed E-state index contributed by atoms with van der Waals surface area (Å²) in [6.07, 6.45) is 0. The Balaban J connectivity index is 1.69. The summed E-state index contributed by atoms with van der Waals surface area (Å²) in [5.74, 6) is 0.885. The molecule has 0 atom stereocenters.